The molecule has 0 fully saturated rings. The fourth-order valence-electron chi connectivity index (χ4n) is 0.697. The maximum Gasteiger partial charge on any atom is 0.404 e. The molecule has 0 saturated heterocycles. The molecule has 1 unspecified atom stereocenters. The van der Waals surface area contributed by atoms with Crippen LogP contribution >= 0.6 is 22.6 Å². The lowest BCUT2D eigenvalue weighted by Crippen LogP contribution is -2.36. The SMILES string of the molecule is CC#CC(I)(CC)CNC(=O)O. The molecule has 0 rings (SSSR count). The van der Waals surface area contributed by atoms with Gasteiger partial charge in [0.05, 0.1) is 3.42 Å². The minimum atomic E-state index is -0.998. The van der Waals surface area contributed by atoms with Gasteiger partial charge in [-0.25, -0.2) is 4.79 Å². The number of carboxylic acid groups (broad SMARTS) is 1. The van der Waals surface area contributed by atoms with E-state index >= 15 is 0 Å². The van der Waals surface area contributed by atoms with Crippen LogP contribution in [0.5, 0.6) is 0 Å². The van der Waals surface area contributed by atoms with Gasteiger partial charge in [0.15, 0.2) is 0 Å². The molecule has 0 aromatic rings. The van der Waals surface area contributed by atoms with Gasteiger partial charge in [0.2, 0.25) is 0 Å². The molecule has 0 bridgehead atoms. The number of amides is 1. The van der Waals surface area contributed by atoms with Crippen molar-refractivity contribution in [1.82, 2.24) is 5.32 Å². The van der Waals surface area contributed by atoms with Crippen molar-refractivity contribution in [3.8, 4) is 11.8 Å². The average molecular weight is 281 g/mol. The van der Waals surface area contributed by atoms with Crippen molar-refractivity contribution in [2.75, 3.05) is 6.54 Å². The molecule has 0 radical (unpaired) electrons. The quantitative estimate of drug-likeness (QED) is 0.471. The zero-order valence-electron chi connectivity index (χ0n) is 7.15. The molecule has 0 aromatic heterocycles. The molecule has 68 valence electrons. The molecule has 0 aliphatic rings. The van der Waals surface area contributed by atoms with Crippen LogP contribution in [-0.4, -0.2) is 21.2 Å². The van der Waals surface area contributed by atoms with Gasteiger partial charge in [-0.3, -0.25) is 0 Å². The minimum Gasteiger partial charge on any atom is -0.465 e. The number of rotatable bonds is 3. The summed E-state index contributed by atoms with van der Waals surface area (Å²) in [6.45, 7) is 4.12. The predicted molar refractivity (Wildman–Crippen MR) is 56.5 cm³/mol. The number of halogens is 1. The van der Waals surface area contributed by atoms with Gasteiger partial charge in [-0.1, -0.05) is 35.4 Å². The first-order chi connectivity index (χ1) is 5.54. The average Bonchev–Trinajstić information content (AvgIpc) is 2.02. The van der Waals surface area contributed by atoms with E-state index in [1.54, 1.807) is 6.92 Å². The maximum atomic E-state index is 10.2. The van der Waals surface area contributed by atoms with Crippen LogP contribution in [0.1, 0.15) is 20.3 Å². The van der Waals surface area contributed by atoms with E-state index in [0.29, 0.717) is 6.54 Å². The van der Waals surface area contributed by atoms with Gasteiger partial charge < -0.3 is 10.4 Å². The molecule has 0 spiro atoms. The summed E-state index contributed by atoms with van der Waals surface area (Å²) in [4.78, 5) is 10.2. The van der Waals surface area contributed by atoms with Crippen molar-refractivity contribution in [3.05, 3.63) is 0 Å². The Morgan fingerprint density at radius 3 is 2.67 bits per heavy atom. The number of alkyl halides is 1. The molecule has 0 aliphatic heterocycles. The van der Waals surface area contributed by atoms with Crippen LogP contribution in [0, 0.1) is 11.8 Å². The highest BCUT2D eigenvalue weighted by molar-refractivity contribution is 14.1. The van der Waals surface area contributed by atoms with Crippen molar-refractivity contribution in [1.29, 1.82) is 0 Å². The number of carbonyl (C=O) groups is 1. The van der Waals surface area contributed by atoms with Crippen molar-refractivity contribution in [2.24, 2.45) is 0 Å². The Labute approximate surface area is 86.1 Å². The Bertz CT molecular complexity index is 219. The Morgan fingerprint density at radius 2 is 2.33 bits per heavy atom. The van der Waals surface area contributed by atoms with Crippen molar-refractivity contribution >= 4 is 28.7 Å². The molecule has 0 saturated carbocycles. The van der Waals surface area contributed by atoms with Gasteiger partial charge in [0, 0.05) is 6.54 Å². The standard InChI is InChI=1S/C8H12INO2/c1-3-5-8(9,4-2)6-10-7(11)12/h10H,4,6H2,1-2H3,(H,11,12). The molecule has 3 nitrogen and oxygen atoms in total. The summed E-state index contributed by atoms with van der Waals surface area (Å²) in [5.74, 6) is 5.77. The van der Waals surface area contributed by atoms with Crippen LogP contribution in [-0.2, 0) is 0 Å². The summed E-state index contributed by atoms with van der Waals surface area (Å²) in [6, 6.07) is 0. The molecule has 0 aromatic carbocycles. The molecular formula is C8H12INO2. The van der Waals surface area contributed by atoms with Crippen LogP contribution in [0.2, 0.25) is 0 Å². The molecule has 0 heterocycles. The lowest BCUT2D eigenvalue weighted by molar-refractivity contribution is 0.194. The highest BCUT2D eigenvalue weighted by Crippen LogP contribution is 2.20. The highest BCUT2D eigenvalue weighted by Gasteiger charge is 2.21. The van der Waals surface area contributed by atoms with Crippen LogP contribution in [0.25, 0.3) is 0 Å². The Morgan fingerprint density at radius 1 is 1.75 bits per heavy atom. The summed E-state index contributed by atoms with van der Waals surface area (Å²) < 4.78 is -0.259. The molecule has 2 N–H and O–H groups in total. The predicted octanol–water partition coefficient (Wildman–Crippen LogP) is 1.86. The third kappa shape index (κ3) is 4.44. The largest absolute Gasteiger partial charge is 0.465 e. The van der Waals surface area contributed by atoms with E-state index in [1.165, 1.54) is 0 Å². The maximum absolute atomic E-state index is 10.2. The number of nitrogens with one attached hydrogen (secondary N) is 1. The van der Waals surface area contributed by atoms with E-state index < -0.39 is 6.09 Å². The topological polar surface area (TPSA) is 49.3 Å². The van der Waals surface area contributed by atoms with Crippen molar-refractivity contribution in [2.45, 2.75) is 23.7 Å². The molecule has 4 heteroatoms. The molecular weight excluding hydrogens is 269 g/mol. The summed E-state index contributed by atoms with van der Waals surface area (Å²) >= 11 is 2.17. The van der Waals surface area contributed by atoms with Gasteiger partial charge >= 0.3 is 6.09 Å². The van der Waals surface area contributed by atoms with E-state index in [0.717, 1.165) is 6.42 Å². The zero-order valence-corrected chi connectivity index (χ0v) is 9.31. The second-order valence-electron chi connectivity index (χ2n) is 2.35. The first-order valence-corrected chi connectivity index (χ1v) is 4.71. The van der Waals surface area contributed by atoms with E-state index in [4.69, 9.17) is 5.11 Å². The monoisotopic (exact) mass is 281 g/mol. The van der Waals surface area contributed by atoms with Gasteiger partial charge in [0.25, 0.3) is 0 Å². The third-order valence-electron chi connectivity index (χ3n) is 1.43. The summed E-state index contributed by atoms with van der Waals surface area (Å²) in [5, 5.41) is 10.7. The van der Waals surface area contributed by atoms with Crippen LogP contribution in [0.15, 0.2) is 0 Å². The Kier molecular flexibility index (Phi) is 5.06. The molecule has 1 amide bonds. The number of hydrogen-bond acceptors (Lipinski definition) is 1. The summed E-state index contributed by atoms with van der Waals surface area (Å²) in [5.41, 5.74) is 0. The summed E-state index contributed by atoms with van der Waals surface area (Å²) in [7, 11) is 0. The zero-order chi connectivity index (χ0) is 9.61. The second-order valence-corrected chi connectivity index (χ2v) is 4.42. The van der Waals surface area contributed by atoms with E-state index in [1.807, 2.05) is 6.92 Å². The van der Waals surface area contributed by atoms with Crippen LogP contribution in [0.3, 0.4) is 0 Å². The first-order valence-electron chi connectivity index (χ1n) is 3.63. The Balaban J connectivity index is 4.11. The van der Waals surface area contributed by atoms with E-state index in [-0.39, 0.29) is 3.42 Å². The normalized spacial score (nSPS) is 13.9. The van der Waals surface area contributed by atoms with Crippen molar-refractivity contribution in [3.63, 3.8) is 0 Å². The van der Waals surface area contributed by atoms with Gasteiger partial charge in [-0.2, -0.15) is 0 Å². The molecule has 0 aliphatic carbocycles. The Hall–Kier alpha value is -0.440. The lowest BCUT2D eigenvalue weighted by atomic mass is 10.1. The van der Waals surface area contributed by atoms with E-state index in [2.05, 4.69) is 39.7 Å². The van der Waals surface area contributed by atoms with Crippen LogP contribution < -0.4 is 5.32 Å². The highest BCUT2D eigenvalue weighted by atomic mass is 127. The fraction of sp³-hybridized carbons (Fsp3) is 0.625. The van der Waals surface area contributed by atoms with Crippen LogP contribution in [0.4, 0.5) is 4.79 Å². The van der Waals surface area contributed by atoms with Gasteiger partial charge in [-0.15, -0.1) is 5.92 Å². The van der Waals surface area contributed by atoms with Crippen molar-refractivity contribution < 1.29 is 9.90 Å². The van der Waals surface area contributed by atoms with E-state index in [9.17, 15) is 4.79 Å². The lowest BCUT2D eigenvalue weighted by Gasteiger charge is -2.18. The smallest absolute Gasteiger partial charge is 0.404 e. The minimum absolute atomic E-state index is 0.259. The molecule has 1 atom stereocenters. The molecule has 12 heavy (non-hydrogen) atoms. The summed E-state index contributed by atoms with van der Waals surface area (Å²) in [6.07, 6.45) is -0.170. The van der Waals surface area contributed by atoms with Gasteiger partial charge in [0.1, 0.15) is 0 Å². The second kappa shape index (κ2) is 5.25. The van der Waals surface area contributed by atoms with Gasteiger partial charge in [-0.05, 0) is 13.3 Å². The number of hydrogen-bond donors (Lipinski definition) is 2. The third-order valence-corrected chi connectivity index (χ3v) is 2.84. The fourth-order valence-corrected chi connectivity index (χ4v) is 1.16. The first kappa shape index (κ1) is 11.6.